The molecule has 0 saturated carbocycles. The Kier molecular flexibility index (Phi) is 6.57. The van der Waals surface area contributed by atoms with Crippen LogP contribution in [-0.2, 0) is 0 Å². The third-order valence-corrected chi connectivity index (χ3v) is 1.86. The number of hydrogen-bond donors (Lipinski definition) is 0. The lowest BCUT2D eigenvalue weighted by molar-refractivity contribution is 0.746. The molecule has 0 heterocycles. The maximum atomic E-state index is 8.24. The van der Waals surface area contributed by atoms with Crippen molar-refractivity contribution >= 4 is 27.5 Å². The topological polar surface area (TPSA) is 23.8 Å². The Bertz CT molecular complexity index is 99.7. The van der Waals surface area contributed by atoms with E-state index >= 15 is 0 Å². The van der Waals surface area contributed by atoms with Gasteiger partial charge in [0, 0.05) is 5.33 Å². The van der Waals surface area contributed by atoms with Crippen molar-refractivity contribution < 1.29 is 0 Å². The first-order valence-corrected chi connectivity index (χ1v) is 4.46. The third-order valence-electron chi connectivity index (χ3n) is 0.981. The Morgan fingerprint density at radius 1 is 1.56 bits per heavy atom. The molecule has 1 unspecified atom stereocenters. The summed E-state index contributed by atoms with van der Waals surface area (Å²) in [6.07, 6.45) is 2.95. The zero-order valence-electron chi connectivity index (χ0n) is 5.11. The molecule has 0 saturated heterocycles. The minimum atomic E-state index is -0.288. The summed E-state index contributed by atoms with van der Waals surface area (Å²) in [6.45, 7) is 0. The van der Waals surface area contributed by atoms with Gasteiger partial charge in [-0.1, -0.05) is 22.4 Å². The Morgan fingerprint density at radius 3 is 2.67 bits per heavy atom. The minimum absolute atomic E-state index is 0.288. The van der Waals surface area contributed by atoms with Crippen molar-refractivity contribution in [2.45, 2.75) is 24.6 Å². The summed E-state index contributed by atoms with van der Waals surface area (Å²) < 4.78 is 0. The monoisotopic (exact) mass is 209 g/mol. The van der Waals surface area contributed by atoms with Crippen molar-refractivity contribution in [2.24, 2.45) is 0 Å². The molecule has 0 aromatic heterocycles. The number of rotatable bonds is 4. The van der Waals surface area contributed by atoms with Crippen LogP contribution in [-0.4, -0.2) is 10.7 Å². The molecule has 52 valence electrons. The average Bonchev–Trinajstić information content (AvgIpc) is 1.89. The Labute approximate surface area is 69.1 Å². The van der Waals surface area contributed by atoms with E-state index in [0.29, 0.717) is 0 Å². The minimum Gasteiger partial charge on any atom is -0.197 e. The van der Waals surface area contributed by atoms with E-state index in [1.807, 2.05) is 6.07 Å². The van der Waals surface area contributed by atoms with Crippen molar-refractivity contribution in [1.82, 2.24) is 0 Å². The molecule has 0 bridgehead atoms. The molecule has 0 rings (SSSR count). The SMILES string of the molecule is N#CC(Cl)CCCCBr. The molecule has 0 aromatic carbocycles. The first-order chi connectivity index (χ1) is 4.31. The van der Waals surface area contributed by atoms with E-state index < -0.39 is 0 Å². The van der Waals surface area contributed by atoms with Gasteiger partial charge in [-0.25, -0.2) is 0 Å². The van der Waals surface area contributed by atoms with Crippen LogP contribution in [0.4, 0.5) is 0 Å². The van der Waals surface area contributed by atoms with E-state index in [4.69, 9.17) is 16.9 Å². The second-order valence-electron chi connectivity index (χ2n) is 1.78. The smallest absolute Gasteiger partial charge is 0.120 e. The Balaban J connectivity index is 2.99. The van der Waals surface area contributed by atoms with Gasteiger partial charge in [-0.05, 0) is 12.8 Å². The van der Waals surface area contributed by atoms with E-state index in [-0.39, 0.29) is 5.38 Å². The van der Waals surface area contributed by atoms with Crippen molar-refractivity contribution in [3.05, 3.63) is 0 Å². The van der Waals surface area contributed by atoms with Crippen LogP contribution in [0.15, 0.2) is 0 Å². The maximum absolute atomic E-state index is 8.24. The summed E-state index contributed by atoms with van der Waals surface area (Å²) in [6, 6.07) is 1.97. The highest BCUT2D eigenvalue weighted by Crippen LogP contribution is 2.06. The lowest BCUT2D eigenvalue weighted by atomic mass is 10.2. The maximum Gasteiger partial charge on any atom is 0.120 e. The van der Waals surface area contributed by atoms with Gasteiger partial charge in [-0.15, -0.1) is 11.6 Å². The molecule has 1 atom stereocenters. The normalized spacial score (nSPS) is 12.6. The van der Waals surface area contributed by atoms with E-state index in [1.54, 1.807) is 0 Å². The largest absolute Gasteiger partial charge is 0.197 e. The fraction of sp³-hybridized carbons (Fsp3) is 0.833. The molecular weight excluding hydrogens is 201 g/mol. The van der Waals surface area contributed by atoms with Gasteiger partial charge in [0.15, 0.2) is 0 Å². The molecule has 0 N–H and O–H groups in total. The summed E-state index contributed by atoms with van der Waals surface area (Å²) in [7, 11) is 0. The summed E-state index contributed by atoms with van der Waals surface area (Å²) in [5.41, 5.74) is 0. The van der Waals surface area contributed by atoms with Crippen molar-refractivity contribution in [3.8, 4) is 6.07 Å². The highest BCUT2D eigenvalue weighted by molar-refractivity contribution is 9.09. The number of hydrogen-bond acceptors (Lipinski definition) is 1. The van der Waals surface area contributed by atoms with Crippen molar-refractivity contribution in [3.63, 3.8) is 0 Å². The quantitative estimate of drug-likeness (QED) is 0.517. The van der Waals surface area contributed by atoms with Crippen LogP contribution in [0.5, 0.6) is 0 Å². The molecule has 0 aromatic rings. The van der Waals surface area contributed by atoms with Gasteiger partial charge in [-0.2, -0.15) is 5.26 Å². The first-order valence-electron chi connectivity index (χ1n) is 2.91. The number of halogens is 2. The zero-order chi connectivity index (χ0) is 7.11. The highest BCUT2D eigenvalue weighted by Gasteiger charge is 1.99. The van der Waals surface area contributed by atoms with Crippen molar-refractivity contribution in [2.75, 3.05) is 5.33 Å². The van der Waals surface area contributed by atoms with Crippen LogP contribution < -0.4 is 0 Å². The number of nitriles is 1. The van der Waals surface area contributed by atoms with Crippen LogP contribution >= 0.6 is 27.5 Å². The van der Waals surface area contributed by atoms with Crippen LogP contribution in [0, 0.1) is 11.3 Å². The lowest BCUT2D eigenvalue weighted by Crippen LogP contribution is -1.92. The lowest BCUT2D eigenvalue weighted by Gasteiger charge is -1.95. The van der Waals surface area contributed by atoms with E-state index in [9.17, 15) is 0 Å². The molecule has 0 aliphatic carbocycles. The molecule has 0 radical (unpaired) electrons. The summed E-state index contributed by atoms with van der Waals surface area (Å²) in [5.74, 6) is 0. The molecule has 0 fully saturated rings. The second kappa shape index (κ2) is 6.38. The fourth-order valence-electron chi connectivity index (χ4n) is 0.483. The number of alkyl halides is 2. The Hall–Kier alpha value is 0.260. The van der Waals surface area contributed by atoms with Gasteiger partial charge in [-0.3, -0.25) is 0 Å². The summed E-state index contributed by atoms with van der Waals surface area (Å²) >= 11 is 8.82. The highest BCUT2D eigenvalue weighted by atomic mass is 79.9. The predicted molar refractivity (Wildman–Crippen MR) is 42.9 cm³/mol. The Morgan fingerprint density at radius 2 is 2.22 bits per heavy atom. The fourth-order valence-corrected chi connectivity index (χ4v) is 1.03. The summed E-state index contributed by atoms with van der Waals surface area (Å²) in [4.78, 5) is 0. The van der Waals surface area contributed by atoms with Gasteiger partial charge in [0.2, 0.25) is 0 Å². The van der Waals surface area contributed by atoms with E-state index in [2.05, 4.69) is 15.9 Å². The van der Waals surface area contributed by atoms with Crippen LogP contribution in [0.1, 0.15) is 19.3 Å². The van der Waals surface area contributed by atoms with Gasteiger partial charge in [0.05, 0.1) is 6.07 Å². The molecular formula is C6H9BrClN. The van der Waals surface area contributed by atoms with Gasteiger partial charge >= 0.3 is 0 Å². The number of nitrogens with zero attached hydrogens (tertiary/aromatic N) is 1. The van der Waals surface area contributed by atoms with Crippen LogP contribution in [0.3, 0.4) is 0 Å². The van der Waals surface area contributed by atoms with E-state index in [1.165, 1.54) is 0 Å². The van der Waals surface area contributed by atoms with Gasteiger partial charge in [0.25, 0.3) is 0 Å². The molecule has 3 heteroatoms. The predicted octanol–water partition coefficient (Wildman–Crippen LogP) is 2.68. The zero-order valence-corrected chi connectivity index (χ0v) is 7.45. The molecule has 1 nitrogen and oxygen atoms in total. The second-order valence-corrected chi connectivity index (χ2v) is 3.10. The molecule has 0 spiro atoms. The van der Waals surface area contributed by atoms with Crippen LogP contribution in [0.2, 0.25) is 0 Å². The molecule has 0 aliphatic rings. The average molecular weight is 211 g/mol. The van der Waals surface area contributed by atoms with Gasteiger partial charge < -0.3 is 0 Å². The standard InChI is InChI=1S/C6H9BrClN/c7-4-2-1-3-6(8)5-9/h6H,1-4H2. The van der Waals surface area contributed by atoms with Gasteiger partial charge in [0.1, 0.15) is 5.38 Å². The third kappa shape index (κ3) is 6.14. The van der Waals surface area contributed by atoms with E-state index in [0.717, 1.165) is 24.6 Å². The number of unbranched alkanes of at least 4 members (excludes halogenated alkanes) is 1. The molecule has 0 aliphatic heterocycles. The molecule has 9 heavy (non-hydrogen) atoms. The summed E-state index contributed by atoms with van der Waals surface area (Å²) in [5, 5.41) is 8.95. The first kappa shape index (κ1) is 9.26. The molecule has 0 amide bonds. The van der Waals surface area contributed by atoms with Crippen molar-refractivity contribution in [1.29, 1.82) is 5.26 Å². The van der Waals surface area contributed by atoms with Crippen LogP contribution in [0.25, 0.3) is 0 Å².